The topological polar surface area (TPSA) is 119 Å². The van der Waals surface area contributed by atoms with E-state index < -0.39 is 21.8 Å². The summed E-state index contributed by atoms with van der Waals surface area (Å²) in [6.45, 7) is 5.81. The first kappa shape index (κ1) is 26.0. The van der Waals surface area contributed by atoms with Crippen LogP contribution in [-0.4, -0.2) is 61.5 Å². The molecular formula is C23H30N4O5S. The molecule has 1 aromatic heterocycles. The fourth-order valence-electron chi connectivity index (χ4n) is 2.58. The molecule has 1 aromatic carbocycles. The van der Waals surface area contributed by atoms with E-state index >= 15 is 0 Å². The van der Waals surface area contributed by atoms with Gasteiger partial charge in [0.2, 0.25) is 11.8 Å². The number of amides is 2. The zero-order valence-electron chi connectivity index (χ0n) is 19.7. The van der Waals surface area contributed by atoms with Gasteiger partial charge in [0.15, 0.2) is 9.84 Å². The minimum atomic E-state index is -3.45. The number of sulfone groups is 1. The lowest BCUT2D eigenvalue weighted by molar-refractivity contribution is -0.128. The van der Waals surface area contributed by atoms with Crippen LogP contribution in [0.1, 0.15) is 43.4 Å². The molecule has 1 N–H and O–H groups in total. The summed E-state index contributed by atoms with van der Waals surface area (Å²) in [6.07, 6.45) is 3.55. The van der Waals surface area contributed by atoms with E-state index in [-0.39, 0.29) is 29.2 Å². The molecule has 0 spiro atoms. The average molecular weight is 475 g/mol. The third kappa shape index (κ3) is 8.30. The summed E-state index contributed by atoms with van der Waals surface area (Å²) in [4.78, 5) is 35.5. The molecule has 0 aliphatic heterocycles. The van der Waals surface area contributed by atoms with Crippen LogP contribution in [0.5, 0.6) is 11.6 Å². The second-order valence-electron chi connectivity index (χ2n) is 8.81. The number of para-hydroxylation sites is 1. The normalized spacial score (nSPS) is 12.9. The number of benzene rings is 1. The monoisotopic (exact) mass is 474 g/mol. The first-order chi connectivity index (χ1) is 15.3. The van der Waals surface area contributed by atoms with Crippen LogP contribution < -0.4 is 10.1 Å². The van der Waals surface area contributed by atoms with Crippen molar-refractivity contribution in [1.29, 1.82) is 0 Å². The molecule has 2 amide bonds. The van der Waals surface area contributed by atoms with Crippen LogP contribution in [0.2, 0.25) is 0 Å². The van der Waals surface area contributed by atoms with Crippen LogP contribution in [0.3, 0.4) is 0 Å². The molecule has 9 nitrogen and oxygen atoms in total. The number of hydrogen-bond donors (Lipinski definition) is 1. The highest BCUT2D eigenvalue weighted by molar-refractivity contribution is 7.93. The molecule has 2 rings (SSSR count). The maximum absolute atomic E-state index is 13.1. The van der Waals surface area contributed by atoms with Crippen molar-refractivity contribution in [3.05, 3.63) is 59.4 Å². The van der Waals surface area contributed by atoms with E-state index in [2.05, 4.69) is 15.3 Å². The number of nitrogens with one attached hydrogen (secondary N) is 1. The van der Waals surface area contributed by atoms with Gasteiger partial charge in [-0.3, -0.25) is 9.59 Å². The summed E-state index contributed by atoms with van der Waals surface area (Å²) in [6, 6.07) is 8.01. The largest absolute Gasteiger partial charge is 0.438 e. The van der Waals surface area contributed by atoms with E-state index in [9.17, 15) is 18.0 Å². The molecule has 0 saturated heterocycles. The summed E-state index contributed by atoms with van der Waals surface area (Å²) < 4.78 is 29.0. The number of rotatable bonds is 8. The third-order valence-electron chi connectivity index (χ3n) is 4.39. The van der Waals surface area contributed by atoms with Crippen molar-refractivity contribution in [1.82, 2.24) is 20.2 Å². The molecule has 0 bridgehead atoms. The fraction of sp³-hybridized carbons (Fsp3) is 0.391. The van der Waals surface area contributed by atoms with Gasteiger partial charge in [-0.15, -0.1) is 0 Å². The van der Waals surface area contributed by atoms with E-state index in [0.717, 1.165) is 11.7 Å². The van der Waals surface area contributed by atoms with Gasteiger partial charge in [0.05, 0.1) is 12.5 Å². The Morgan fingerprint density at radius 1 is 1.18 bits per heavy atom. The van der Waals surface area contributed by atoms with Crippen molar-refractivity contribution < 1.29 is 22.7 Å². The fourth-order valence-corrected chi connectivity index (χ4v) is 3.06. The highest BCUT2D eigenvalue weighted by atomic mass is 32.2. The maximum Gasteiger partial charge on any atom is 0.258 e. The predicted octanol–water partition coefficient (Wildman–Crippen LogP) is 2.70. The number of carbonyl (C=O) groups is 2. The number of nitrogens with zero attached hydrogens (tertiary/aromatic N) is 3. The number of ether oxygens (including phenoxy) is 1. The van der Waals surface area contributed by atoms with E-state index in [0.29, 0.717) is 11.6 Å². The first-order valence-corrected chi connectivity index (χ1v) is 12.2. The highest BCUT2D eigenvalue weighted by Crippen LogP contribution is 2.26. The summed E-state index contributed by atoms with van der Waals surface area (Å²) in [5, 5.41) is 3.64. The Morgan fingerprint density at radius 3 is 2.36 bits per heavy atom. The van der Waals surface area contributed by atoms with Gasteiger partial charge in [-0.05, 0) is 12.1 Å². The smallest absolute Gasteiger partial charge is 0.258 e. The van der Waals surface area contributed by atoms with E-state index in [4.69, 9.17) is 4.74 Å². The van der Waals surface area contributed by atoms with Crippen LogP contribution in [0.15, 0.2) is 48.0 Å². The standard InChI is InChI=1S/C23H30N4O5S/c1-23(2,3)22-24-15-18(21(26-22)32-17-10-8-7-9-11-17)20(29)25-16(12-13-33(6,30)31)14-19(28)27(4)5/h7-13,15-16H,14H2,1-6H3,(H,25,29)/b13-12+. The van der Waals surface area contributed by atoms with Gasteiger partial charge in [0.1, 0.15) is 17.1 Å². The lowest BCUT2D eigenvalue weighted by atomic mass is 9.95. The molecule has 2 aromatic rings. The minimum absolute atomic E-state index is 0.0573. The molecule has 0 aliphatic carbocycles. The predicted molar refractivity (Wildman–Crippen MR) is 126 cm³/mol. The molecule has 1 heterocycles. The molecule has 0 radical (unpaired) electrons. The Hall–Kier alpha value is -3.27. The van der Waals surface area contributed by atoms with Gasteiger partial charge in [0, 0.05) is 37.4 Å². The van der Waals surface area contributed by atoms with Gasteiger partial charge in [-0.25, -0.2) is 13.4 Å². The average Bonchev–Trinajstić information content (AvgIpc) is 2.71. The Bertz CT molecular complexity index is 1120. The molecule has 1 atom stereocenters. The maximum atomic E-state index is 13.1. The van der Waals surface area contributed by atoms with Crippen LogP contribution in [0.4, 0.5) is 0 Å². The number of hydrogen-bond acceptors (Lipinski definition) is 7. The molecule has 0 fully saturated rings. The van der Waals surface area contributed by atoms with E-state index in [1.807, 2.05) is 26.8 Å². The molecule has 33 heavy (non-hydrogen) atoms. The molecule has 10 heteroatoms. The van der Waals surface area contributed by atoms with Crippen molar-refractivity contribution >= 4 is 21.7 Å². The van der Waals surface area contributed by atoms with Gasteiger partial charge in [-0.1, -0.05) is 45.0 Å². The van der Waals surface area contributed by atoms with Crippen molar-refractivity contribution in [3.63, 3.8) is 0 Å². The minimum Gasteiger partial charge on any atom is -0.438 e. The van der Waals surface area contributed by atoms with Crippen molar-refractivity contribution in [2.75, 3.05) is 20.4 Å². The molecule has 0 aliphatic rings. The quantitative estimate of drug-likeness (QED) is 0.625. The van der Waals surface area contributed by atoms with Crippen LogP contribution in [0, 0.1) is 0 Å². The van der Waals surface area contributed by atoms with Crippen LogP contribution >= 0.6 is 0 Å². The van der Waals surface area contributed by atoms with Gasteiger partial charge in [0.25, 0.3) is 5.91 Å². The van der Waals surface area contributed by atoms with Crippen molar-refractivity contribution in [2.45, 2.75) is 38.6 Å². The Labute approximate surface area is 194 Å². The van der Waals surface area contributed by atoms with Crippen LogP contribution in [-0.2, 0) is 20.0 Å². The molecule has 1 unspecified atom stereocenters. The lowest BCUT2D eigenvalue weighted by Gasteiger charge is -2.20. The summed E-state index contributed by atoms with van der Waals surface area (Å²) in [7, 11) is -0.301. The van der Waals surface area contributed by atoms with Gasteiger partial charge in [-0.2, -0.15) is 4.98 Å². The zero-order valence-corrected chi connectivity index (χ0v) is 20.5. The first-order valence-electron chi connectivity index (χ1n) is 10.3. The summed E-state index contributed by atoms with van der Waals surface area (Å²) in [5.41, 5.74) is -0.329. The number of aromatic nitrogens is 2. The number of carbonyl (C=O) groups excluding carboxylic acids is 2. The molecular weight excluding hydrogens is 444 g/mol. The Kier molecular flexibility index (Phi) is 8.32. The zero-order chi connectivity index (χ0) is 24.8. The van der Waals surface area contributed by atoms with Crippen molar-refractivity contribution in [2.24, 2.45) is 0 Å². The SMILES string of the molecule is CN(C)C(=O)CC(/C=C/S(C)(=O)=O)NC(=O)c1cnc(C(C)(C)C)nc1Oc1ccccc1. The van der Waals surface area contributed by atoms with E-state index in [1.54, 1.807) is 38.4 Å². The van der Waals surface area contributed by atoms with Crippen molar-refractivity contribution in [3.8, 4) is 11.6 Å². The lowest BCUT2D eigenvalue weighted by Crippen LogP contribution is -2.38. The Balaban J connectivity index is 2.41. The summed E-state index contributed by atoms with van der Waals surface area (Å²) in [5.74, 6) is 0.153. The molecule has 178 valence electrons. The highest BCUT2D eigenvalue weighted by Gasteiger charge is 2.25. The second kappa shape index (κ2) is 10.6. The van der Waals surface area contributed by atoms with Crippen LogP contribution in [0.25, 0.3) is 0 Å². The van der Waals surface area contributed by atoms with E-state index in [1.165, 1.54) is 17.2 Å². The van der Waals surface area contributed by atoms with Gasteiger partial charge >= 0.3 is 0 Å². The Morgan fingerprint density at radius 2 is 1.82 bits per heavy atom. The van der Waals surface area contributed by atoms with Gasteiger partial charge < -0.3 is 15.0 Å². The molecule has 0 saturated carbocycles. The second-order valence-corrected chi connectivity index (χ2v) is 10.7. The summed E-state index contributed by atoms with van der Waals surface area (Å²) >= 11 is 0. The third-order valence-corrected chi connectivity index (χ3v) is 5.05.